The maximum atomic E-state index is 11.7. The van der Waals surface area contributed by atoms with E-state index in [4.69, 9.17) is 5.11 Å². The second-order valence-corrected chi connectivity index (χ2v) is 3.83. The van der Waals surface area contributed by atoms with Crippen LogP contribution in [0, 0.1) is 5.92 Å². The van der Waals surface area contributed by atoms with Crippen LogP contribution in [0.4, 0.5) is 0 Å². The molecule has 0 aromatic rings. The first kappa shape index (κ1) is 12.0. The van der Waals surface area contributed by atoms with Gasteiger partial charge in [0.15, 0.2) is 0 Å². The molecule has 0 unspecified atom stereocenters. The van der Waals surface area contributed by atoms with Crippen LogP contribution in [0.1, 0.15) is 26.2 Å². The standard InChI is InChI=1S/C10H18N2O3/c1-2-8(10(14)15)12-9(13)7-3-5-11-6-4-7/h7-8,11H,2-6H2,1H3,(H,12,13)(H,14,15)/t8-/m1/s1. The Kier molecular flexibility index (Phi) is 4.55. The van der Waals surface area contributed by atoms with Gasteiger partial charge in [-0.2, -0.15) is 0 Å². The maximum absolute atomic E-state index is 11.7. The normalized spacial score (nSPS) is 19.5. The van der Waals surface area contributed by atoms with E-state index in [1.807, 2.05) is 0 Å². The monoisotopic (exact) mass is 214 g/mol. The van der Waals surface area contributed by atoms with Gasteiger partial charge in [0, 0.05) is 5.92 Å². The molecule has 1 aliphatic rings. The van der Waals surface area contributed by atoms with E-state index in [0.29, 0.717) is 6.42 Å². The molecule has 1 aliphatic heterocycles. The third-order valence-corrected chi connectivity index (χ3v) is 2.73. The van der Waals surface area contributed by atoms with Crippen LogP contribution >= 0.6 is 0 Å². The first-order valence-corrected chi connectivity index (χ1v) is 5.39. The lowest BCUT2D eigenvalue weighted by Gasteiger charge is -2.23. The molecule has 1 atom stereocenters. The number of carbonyl (C=O) groups is 2. The highest BCUT2D eigenvalue weighted by Gasteiger charge is 2.25. The fourth-order valence-electron chi connectivity index (χ4n) is 1.71. The van der Waals surface area contributed by atoms with Crippen molar-refractivity contribution in [3.63, 3.8) is 0 Å². The molecule has 1 rings (SSSR count). The van der Waals surface area contributed by atoms with Gasteiger partial charge in [0.1, 0.15) is 6.04 Å². The SMILES string of the molecule is CC[C@@H](NC(=O)C1CCNCC1)C(=O)O. The van der Waals surface area contributed by atoms with Gasteiger partial charge in [0.05, 0.1) is 0 Å². The fourth-order valence-corrected chi connectivity index (χ4v) is 1.71. The van der Waals surface area contributed by atoms with Crippen LogP contribution in [-0.2, 0) is 9.59 Å². The number of amides is 1. The van der Waals surface area contributed by atoms with Gasteiger partial charge < -0.3 is 15.7 Å². The highest BCUT2D eigenvalue weighted by Crippen LogP contribution is 2.11. The lowest BCUT2D eigenvalue weighted by molar-refractivity contribution is -0.142. The number of hydrogen-bond acceptors (Lipinski definition) is 3. The summed E-state index contributed by atoms with van der Waals surface area (Å²) < 4.78 is 0. The highest BCUT2D eigenvalue weighted by atomic mass is 16.4. The smallest absolute Gasteiger partial charge is 0.326 e. The number of nitrogens with one attached hydrogen (secondary N) is 2. The third kappa shape index (κ3) is 3.51. The summed E-state index contributed by atoms with van der Waals surface area (Å²) in [6, 6.07) is -0.743. The van der Waals surface area contributed by atoms with Crippen molar-refractivity contribution in [1.29, 1.82) is 0 Å². The number of rotatable bonds is 4. The highest BCUT2D eigenvalue weighted by molar-refractivity contribution is 5.84. The minimum absolute atomic E-state index is 0.0281. The zero-order chi connectivity index (χ0) is 11.3. The van der Waals surface area contributed by atoms with Crippen LogP contribution in [0.25, 0.3) is 0 Å². The average molecular weight is 214 g/mol. The number of hydrogen-bond donors (Lipinski definition) is 3. The average Bonchev–Trinajstić information content (AvgIpc) is 2.26. The number of carboxylic acids is 1. The fraction of sp³-hybridized carbons (Fsp3) is 0.800. The van der Waals surface area contributed by atoms with Crippen LogP contribution in [0.15, 0.2) is 0 Å². The summed E-state index contributed by atoms with van der Waals surface area (Å²) in [4.78, 5) is 22.4. The lowest BCUT2D eigenvalue weighted by Crippen LogP contribution is -2.45. The van der Waals surface area contributed by atoms with E-state index in [1.54, 1.807) is 6.92 Å². The van der Waals surface area contributed by atoms with Gasteiger partial charge >= 0.3 is 5.97 Å². The molecule has 5 nitrogen and oxygen atoms in total. The van der Waals surface area contributed by atoms with E-state index in [9.17, 15) is 9.59 Å². The molecule has 0 aromatic heterocycles. The van der Waals surface area contributed by atoms with Gasteiger partial charge in [-0.1, -0.05) is 6.92 Å². The molecular formula is C10H18N2O3. The molecule has 0 aromatic carbocycles. The molecule has 1 heterocycles. The maximum Gasteiger partial charge on any atom is 0.326 e. The van der Waals surface area contributed by atoms with Crippen LogP contribution in [0.3, 0.4) is 0 Å². The van der Waals surface area contributed by atoms with Crippen molar-refractivity contribution < 1.29 is 14.7 Å². The number of carboxylic acid groups (broad SMARTS) is 1. The van der Waals surface area contributed by atoms with Crippen LogP contribution in [-0.4, -0.2) is 36.1 Å². The van der Waals surface area contributed by atoms with Gasteiger partial charge in [0.25, 0.3) is 0 Å². The van der Waals surface area contributed by atoms with Gasteiger partial charge in [-0.15, -0.1) is 0 Å². The Balaban J connectivity index is 2.42. The molecule has 0 radical (unpaired) electrons. The summed E-state index contributed by atoms with van der Waals surface area (Å²) in [5.41, 5.74) is 0. The molecule has 0 spiro atoms. The molecule has 0 saturated carbocycles. The van der Waals surface area contributed by atoms with E-state index in [1.165, 1.54) is 0 Å². The van der Waals surface area contributed by atoms with Crippen LogP contribution < -0.4 is 10.6 Å². The van der Waals surface area contributed by atoms with E-state index < -0.39 is 12.0 Å². The van der Waals surface area contributed by atoms with Gasteiger partial charge in [-0.3, -0.25) is 4.79 Å². The molecule has 15 heavy (non-hydrogen) atoms. The van der Waals surface area contributed by atoms with Crippen LogP contribution in [0.2, 0.25) is 0 Å². The quantitative estimate of drug-likeness (QED) is 0.614. The summed E-state index contributed by atoms with van der Waals surface area (Å²) in [6.45, 7) is 3.42. The molecule has 0 aliphatic carbocycles. The van der Waals surface area contributed by atoms with Crippen molar-refractivity contribution in [1.82, 2.24) is 10.6 Å². The number of piperidine rings is 1. The van der Waals surface area contributed by atoms with E-state index >= 15 is 0 Å². The zero-order valence-electron chi connectivity index (χ0n) is 8.95. The largest absolute Gasteiger partial charge is 0.480 e. The number of carbonyl (C=O) groups excluding carboxylic acids is 1. The summed E-state index contributed by atoms with van der Waals surface area (Å²) in [5.74, 6) is -1.11. The van der Waals surface area contributed by atoms with Crippen molar-refractivity contribution in [2.75, 3.05) is 13.1 Å². The predicted octanol–water partition coefficient (Wildman–Crippen LogP) is -0.0346. The van der Waals surface area contributed by atoms with Crippen molar-refractivity contribution >= 4 is 11.9 Å². The number of aliphatic carboxylic acids is 1. The third-order valence-electron chi connectivity index (χ3n) is 2.73. The Morgan fingerprint density at radius 1 is 1.47 bits per heavy atom. The zero-order valence-corrected chi connectivity index (χ0v) is 8.95. The van der Waals surface area contributed by atoms with Gasteiger partial charge in [0.2, 0.25) is 5.91 Å². The molecule has 1 amide bonds. The Hall–Kier alpha value is -1.10. The summed E-state index contributed by atoms with van der Waals surface area (Å²) in [5, 5.41) is 14.5. The molecule has 1 fully saturated rings. The molecule has 5 heteroatoms. The van der Waals surface area contributed by atoms with Gasteiger partial charge in [-0.05, 0) is 32.4 Å². The van der Waals surface area contributed by atoms with Gasteiger partial charge in [-0.25, -0.2) is 4.79 Å². The Bertz CT molecular complexity index is 237. The summed E-state index contributed by atoms with van der Waals surface area (Å²) in [6.07, 6.45) is 2.01. The van der Waals surface area contributed by atoms with Crippen molar-refractivity contribution in [3.8, 4) is 0 Å². The Morgan fingerprint density at radius 3 is 2.53 bits per heavy atom. The minimum atomic E-state index is -0.959. The molecule has 0 bridgehead atoms. The summed E-state index contributed by atoms with van der Waals surface area (Å²) >= 11 is 0. The Morgan fingerprint density at radius 2 is 2.07 bits per heavy atom. The molecule has 3 N–H and O–H groups in total. The lowest BCUT2D eigenvalue weighted by atomic mass is 9.97. The van der Waals surface area contributed by atoms with Crippen molar-refractivity contribution in [2.24, 2.45) is 5.92 Å². The van der Waals surface area contributed by atoms with Crippen molar-refractivity contribution in [3.05, 3.63) is 0 Å². The van der Waals surface area contributed by atoms with Crippen LogP contribution in [0.5, 0.6) is 0 Å². The van der Waals surface area contributed by atoms with E-state index in [-0.39, 0.29) is 11.8 Å². The molecular weight excluding hydrogens is 196 g/mol. The van der Waals surface area contributed by atoms with E-state index in [0.717, 1.165) is 25.9 Å². The first-order valence-electron chi connectivity index (χ1n) is 5.39. The molecule has 86 valence electrons. The minimum Gasteiger partial charge on any atom is -0.480 e. The van der Waals surface area contributed by atoms with Crippen molar-refractivity contribution in [2.45, 2.75) is 32.2 Å². The topological polar surface area (TPSA) is 78.4 Å². The Labute approximate surface area is 89.2 Å². The predicted molar refractivity (Wildman–Crippen MR) is 55.5 cm³/mol. The second-order valence-electron chi connectivity index (χ2n) is 3.83. The van der Waals surface area contributed by atoms with E-state index in [2.05, 4.69) is 10.6 Å². The first-order chi connectivity index (χ1) is 7.15. The second kappa shape index (κ2) is 5.70. The molecule has 1 saturated heterocycles. The summed E-state index contributed by atoms with van der Waals surface area (Å²) in [7, 11) is 0.